The zero-order valence-electron chi connectivity index (χ0n) is 30.3. The second kappa shape index (κ2) is 13.6. The van der Waals surface area contributed by atoms with Crippen LogP contribution in [0.5, 0.6) is 0 Å². The van der Waals surface area contributed by atoms with Crippen LogP contribution in [0.25, 0.3) is 99.6 Å². The molecule has 0 aliphatic rings. The minimum atomic E-state index is 0.690. The SMILES string of the molecule is Cc1cccc(-c2ccc3nc(-c4cc(-c5ccc(-c6cccnc6)cc5)cc(-c5cc6ccccc6c6ccccc56)c4)nc(-c4ccccc4)c3c2)c1. The van der Waals surface area contributed by atoms with Gasteiger partial charge < -0.3 is 0 Å². The second-order valence-electron chi connectivity index (χ2n) is 14.2. The van der Waals surface area contributed by atoms with Gasteiger partial charge in [0, 0.05) is 28.9 Å². The standard InChI is InChI=1S/C52H35N3/c1-34-11-9-15-38(27-34)39-24-25-50-49(31-39)51(37-12-3-2-4-13-37)55-52(54-50)44-29-42(36-22-20-35(21-23-36)41-16-10-26-53-33-41)28-43(30-44)48-32-40-14-5-6-17-45(40)46-18-7-8-19-47(46)48/h2-33H,1H3. The lowest BCUT2D eigenvalue weighted by Gasteiger charge is -2.16. The second-order valence-corrected chi connectivity index (χ2v) is 14.2. The number of fused-ring (bicyclic) bond motifs is 4. The summed E-state index contributed by atoms with van der Waals surface area (Å²) in [6.45, 7) is 2.13. The Balaban J connectivity index is 1.20. The minimum Gasteiger partial charge on any atom is -0.264 e. The fraction of sp³-hybridized carbons (Fsp3) is 0.0192. The van der Waals surface area contributed by atoms with E-state index in [0.29, 0.717) is 5.82 Å². The Morgan fingerprint density at radius 1 is 0.364 bits per heavy atom. The van der Waals surface area contributed by atoms with Crippen LogP contribution in [-0.4, -0.2) is 15.0 Å². The molecule has 0 spiro atoms. The van der Waals surface area contributed by atoms with E-state index in [-0.39, 0.29) is 0 Å². The Kier molecular flexibility index (Phi) is 8.04. The molecule has 2 heterocycles. The molecule has 0 radical (unpaired) electrons. The van der Waals surface area contributed by atoms with Crippen LogP contribution >= 0.6 is 0 Å². The fourth-order valence-electron chi connectivity index (χ4n) is 7.84. The summed E-state index contributed by atoms with van der Waals surface area (Å²) in [6, 6.07) is 65.0. The summed E-state index contributed by atoms with van der Waals surface area (Å²) in [5.74, 6) is 0.690. The van der Waals surface area contributed by atoms with Crippen molar-refractivity contribution >= 4 is 32.4 Å². The zero-order chi connectivity index (χ0) is 36.7. The maximum Gasteiger partial charge on any atom is 0.160 e. The first-order valence-corrected chi connectivity index (χ1v) is 18.7. The summed E-state index contributed by atoms with van der Waals surface area (Å²) in [7, 11) is 0. The molecule has 0 bridgehead atoms. The highest BCUT2D eigenvalue weighted by atomic mass is 14.9. The van der Waals surface area contributed by atoms with Gasteiger partial charge in [0.05, 0.1) is 11.2 Å². The average molecular weight is 702 g/mol. The van der Waals surface area contributed by atoms with Crippen LogP contribution in [-0.2, 0) is 0 Å². The predicted octanol–water partition coefficient (Wildman–Crippen LogP) is 13.6. The van der Waals surface area contributed by atoms with Crippen LogP contribution < -0.4 is 0 Å². The van der Waals surface area contributed by atoms with Gasteiger partial charge in [-0.05, 0) is 115 Å². The fourth-order valence-corrected chi connectivity index (χ4v) is 7.84. The summed E-state index contributed by atoms with van der Waals surface area (Å²) in [6.07, 6.45) is 3.71. The molecule has 0 aliphatic heterocycles. The first kappa shape index (κ1) is 32.4. The van der Waals surface area contributed by atoms with E-state index in [2.05, 4.69) is 188 Å². The molecule has 0 atom stereocenters. The van der Waals surface area contributed by atoms with E-state index in [0.717, 1.165) is 61.1 Å². The molecule has 10 rings (SSSR count). The van der Waals surface area contributed by atoms with Crippen LogP contribution in [0.3, 0.4) is 0 Å². The van der Waals surface area contributed by atoms with Crippen LogP contribution in [0.15, 0.2) is 194 Å². The average Bonchev–Trinajstić information content (AvgIpc) is 3.26. The largest absolute Gasteiger partial charge is 0.264 e. The molecule has 0 fully saturated rings. The molecule has 0 saturated heterocycles. The first-order chi connectivity index (χ1) is 27.1. The Hall–Kier alpha value is -7.23. The van der Waals surface area contributed by atoms with E-state index < -0.39 is 0 Å². The molecule has 2 aromatic heterocycles. The number of nitrogens with zero attached hydrogens (tertiary/aromatic N) is 3. The Bertz CT molecular complexity index is 3020. The zero-order valence-corrected chi connectivity index (χ0v) is 30.3. The molecule has 3 nitrogen and oxygen atoms in total. The van der Waals surface area contributed by atoms with Gasteiger partial charge in [-0.3, -0.25) is 4.98 Å². The lowest BCUT2D eigenvalue weighted by molar-refractivity contribution is 1.23. The predicted molar refractivity (Wildman–Crippen MR) is 230 cm³/mol. The van der Waals surface area contributed by atoms with Crippen molar-refractivity contribution in [1.82, 2.24) is 15.0 Å². The highest BCUT2D eigenvalue weighted by Gasteiger charge is 2.17. The number of pyridine rings is 1. The van der Waals surface area contributed by atoms with E-state index in [1.165, 1.54) is 38.2 Å². The molecule has 10 aromatic rings. The van der Waals surface area contributed by atoms with Crippen LogP contribution in [0.4, 0.5) is 0 Å². The molecule has 0 unspecified atom stereocenters. The first-order valence-electron chi connectivity index (χ1n) is 18.7. The van der Waals surface area contributed by atoms with E-state index in [1.807, 2.05) is 18.5 Å². The minimum absolute atomic E-state index is 0.690. The quantitative estimate of drug-likeness (QED) is 0.162. The van der Waals surface area contributed by atoms with Gasteiger partial charge in [-0.1, -0.05) is 145 Å². The van der Waals surface area contributed by atoms with E-state index in [9.17, 15) is 0 Å². The van der Waals surface area contributed by atoms with Gasteiger partial charge in [-0.2, -0.15) is 0 Å². The maximum atomic E-state index is 5.41. The van der Waals surface area contributed by atoms with Crippen molar-refractivity contribution in [3.05, 3.63) is 200 Å². The summed E-state index contributed by atoms with van der Waals surface area (Å²) in [5.41, 5.74) is 14.1. The van der Waals surface area contributed by atoms with Crippen molar-refractivity contribution in [1.29, 1.82) is 0 Å². The number of aryl methyl sites for hydroxylation is 1. The summed E-state index contributed by atoms with van der Waals surface area (Å²) in [4.78, 5) is 15.1. The van der Waals surface area contributed by atoms with Crippen molar-refractivity contribution in [2.75, 3.05) is 0 Å². The molecule has 0 N–H and O–H groups in total. The molecule has 258 valence electrons. The monoisotopic (exact) mass is 701 g/mol. The van der Waals surface area contributed by atoms with Crippen molar-refractivity contribution in [2.45, 2.75) is 6.92 Å². The lowest BCUT2D eigenvalue weighted by Crippen LogP contribution is -1.97. The third-order valence-electron chi connectivity index (χ3n) is 10.6. The molecule has 55 heavy (non-hydrogen) atoms. The van der Waals surface area contributed by atoms with Crippen LogP contribution in [0.2, 0.25) is 0 Å². The molecule has 0 amide bonds. The van der Waals surface area contributed by atoms with Gasteiger partial charge in [0.1, 0.15) is 0 Å². The van der Waals surface area contributed by atoms with Crippen molar-refractivity contribution < 1.29 is 0 Å². The van der Waals surface area contributed by atoms with Crippen molar-refractivity contribution in [3.8, 4) is 67.2 Å². The smallest absolute Gasteiger partial charge is 0.160 e. The summed E-state index contributed by atoms with van der Waals surface area (Å²) < 4.78 is 0. The van der Waals surface area contributed by atoms with Gasteiger partial charge in [0.25, 0.3) is 0 Å². The van der Waals surface area contributed by atoms with E-state index in [1.54, 1.807) is 0 Å². The van der Waals surface area contributed by atoms with Crippen LogP contribution in [0.1, 0.15) is 5.56 Å². The van der Waals surface area contributed by atoms with Crippen LogP contribution in [0, 0.1) is 6.92 Å². The van der Waals surface area contributed by atoms with Gasteiger partial charge in [-0.15, -0.1) is 0 Å². The molecular formula is C52H35N3. The van der Waals surface area contributed by atoms with E-state index >= 15 is 0 Å². The Morgan fingerprint density at radius 2 is 1.02 bits per heavy atom. The molecule has 3 heteroatoms. The number of aromatic nitrogens is 3. The van der Waals surface area contributed by atoms with Gasteiger partial charge >= 0.3 is 0 Å². The summed E-state index contributed by atoms with van der Waals surface area (Å²) in [5, 5.41) is 5.93. The third kappa shape index (κ3) is 6.12. The molecule has 8 aromatic carbocycles. The number of hydrogen-bond acceptors (Lipinski definition) is 3. The molecule has 0 saturated carbocycles. The van der Waals surface area contributed by atoms with E-state index in [4.69, 9.17) is 9.97 Å². The highest BCUT2D eigenvalue weighted by molar-refractivity contribution is 6.14. The van der Waals surface area contributed by atoms with Gasteiger partial charge in [0.15, 0.2) is 5.82 Å². The normalized spacial score (nSPS) is 11.4. The lowest BCUT2D eigenvalue weighted by atomic mass is 9.90. The molecule has 0 aliphatic carbocycles. The van der Waals surface area contributed by atoms with Crippen molar-refractivity contribution in [3.63, 3.8) is 0 Å². The maximum absolute atomic E-state index is 5.41. The third-order valence-corrected chi connectivity index (χ3v) is 10.6. The topological polar surface area (TPSA) is 38.7 Å². The highest BCUT2D eigenvalue weighted by Crippen LogP contribution is 2.40. The van der Waals surface area contributed by atoms with Gasteiger partial charge in [-0.25, -0.2) is 9.97 Å². The van der Waals surface area contributed by atoms with Gasteiger partial charge in [0.2, 0.25) is 0 Å². The Morgan fingerprint density at radius 3 is 1.82 bits per heavy atom. The van der Waals surface area contributed by atoms with Crippen molar-refractivity contribution in [2.24, 2.45) is 0 Å². The number of benzene rings is 8. The molecular weight excluding hydrogens is 667 g/mol. The Labute approximate surface area is 320 Å². The summed E-state index contributed by atoms with van der Waals surface area (Å²) >= 11 is 0. The number of hydrogen-bond donors (Lipinski definition) is 0. The number of rotatable bonds is 6.